The van der Waals surface area contributed by atoms with Gasteiger partial charge in [0.15, 0.2) is 16.6 Å². The highest BCUT2D eigenvalue weighted by Gasteiger charge is 2.22. The summed E-state index contributed by atoms with van der Waals surface area (Å²) in [6.45, 7) is 2.50. The van der Waals surface area contributed by atoms with Gasteiger partial charge >= 0.3 is 0 Å². The summed E-state index contributed by atoms with van der Waals surface area (Å²) in [4.78, 5) is 20.1. The van der Waals surface area contributed by atoms with E-state index in [-0.39, 0.29) is 11.8 Å². The number of benzene rings is 3. The topological polar surface area (TPSA) is 63.7 Å². The van der Waals surface area contributed by atoms with Crippen LogP contribution in [-0.4, -0.2) is 36.6 Å². The molecule has 0 aliphatic carbocycles. The number of aromatic nitrogens is 1. The molecule has 1 N–H and O–H groups in total. The van der Waals surface area contributed by atoms with Crippen LogP contribution in [0.1, 0.15) is 40.3 Å². The van der Waals surface area contributed by atoms with Crippen LogP contribution in [0.25, 0.3) is 0 Å². The van der Waals surface area contributed by atoms with Crippen LogP contribution in [0.3, 0.4) is 0 Å². The predicted octanol–water partition coefficient (Wildman–Crippen LogP) is 5.88. The molecule has 1 aliphatic heterocycles. The smallest absolute Gasteiger partial charge is 0.227 e. The molecule has 0 saturated carbocycles. The van der Waals surface area contributed by atoms with Crippen LogP contribution >= 0.6 is 11.3 Å². The maximum atomic E-state index is 13.0. The van der Waals surface area contributed by atoms with Crippen molar-refractivity contribution in [2.75, 3.05) is 26.1 Å². The number of ether oxygens (including phenoxy) is 2. The van der Waals surface area contributed by atoms with Gasteiger partial charge in [0.05, 0.1) is 19.9 Å². The summed E-state index contributed by atoms with van der Waals surface area (Å²) in [5.74, 6) is 1.49. The fourth-order valence-electron chi connectivity index (χ4n) is 4.90. The van der Waals surface area contributed by atoms with Crippen LogP contribution < -0.4 is 14.8 Å². The van der Waals surface area contributed by atoms with Crippen molar-refractivity contribution in [2.45, 2.75) is 31.8 Å². The number of hydrogen-bond donors (Lipinski definition) is 1. The zero-order valence-corrected chi connectivity index (χ0v) is 22.0. The van der Waals surface area contributed by atoms with Gasteiger partial charge in [-0.3, -0.25) is 9.69 Å². The van der Waals surface area contributed by atoms with Gasteiger partial charge < -0.3 is 14.8 Å². The molecule has 6 nitrogen and oxygen atoms in total. The summed E-state index contributed by atoms with van der Waals surface area (Å²) in [6.07, 6.45) is 1.31. The van der Waals surface area contributed by atoms with Gasteiger partial charge in [0, 0.05) is 37.4 Å². The number of nitrogens with zero attached hydrogens (tertiary/aromatic N) is 2. The SMILES string of the molecule is COc1cc2c(cc1OC)CN(Cc1csc(NC(=O)CC(c3ccccc3)c3ccccc3)n1)CC2. The number of anilines is 1. The summed E-state index contributed by atoms with van der Waals surface area (Å²) in [6, 6.07) is 24.5. The quantitative estimate of drug-likeness (QED) is 0.303. The van der Waals surface area contributed by atoms with Crippen molar-refractivity contribution in [3.8, 4) is 11.5 Å². The van der Waals surface area contributed by atoms with Gasteiger partial charge in [0.2, 0.25) is 5.91 Å². The summed E-state index contributed by atoms with van der Waals surface area (Å²) in [5.41, 5.74) is 5.77. The Labute approximate surface area is 221 Å². The second-order valence-electron chi connectivity index (χ2n) is 9.21. The van der Waals surface area contributed by atoms with Crippen LogP contribution in [0.2, 0.25) is 0 Å². The van der Waals surface area contributed by atoms with Crippen LogP contribution in [0.15, 0.2) is 78.2 Å². The highest BCUT2D eigenvalue weighted by molar-refractivity contribution is 7.13. The van der Waals surface area contributed by atoms with Crippen LogP contribution in [0.4, 0.5) is 5.13 Å². The largest absolute Gasteiger partial charge is 0.493 e. The summed E-state index contributed by atoms with van der Waals surface area (Å²) in [7, 11) is 3.33. The second kappa shape index (κ2) is 11.6. The first-order valence-corrected chi connectivity index (χ1v) is 13.3. The van der Waals surface area contributed by atoms with E-state index in [9.17, 15) is 4.79 Å². The van der Waals surface area contributed by atoms with E-state index >= 15 is 0 Å². The Morgan fingerprint density at radius 1 is 0.973 bits per heavy atom. The summed E-state index contributed by atoms with van der Waals surface area (Å²) >= 11 is 1.48. The molecule has 2 heterocycles. The fourth-order valence-corrected chi connectivity index (χ4v) is 5.61. The summed E-state index contributed by atoms with van der Waals surface area (Å²) in [5, 5.41) is 5.71. The predicted molar refractivity (Wildman–Crippen MR) is 147 cm³/mol. The zero-order valence-electron chi connectivity index (χ0n) is 21.1. The van der Waals surface area contributed by atoms with E-state index in [1.807, 2.05) is 41.8 Å². The van der Waals surface area contributed by atoms with Gasteiger partial charge in [-0.25, -0.2) is 4.98 Å². The van der Waals surface area contributed by atoms with Gasteiger partial charge in [0.25, 0.3) is 0 Å². The highest BCUT2D eigenvalue weighted by atomic mass is 32.1. The number of rotatable bonds is 9. The van der Waals surface area contributed by atoms with Crippen molar-refractivity contribution in [3.63, 3.8) is 0 Å². The Hall–Kier alpha value is -3.68. The maximum Gasteiger partial charge on any atom is 0.227 e. The standard InChI is InChI=1S/C30H31N3O3S/c1-35-27-15-23-13-14-33(18-24(23)16-28(27)36-2)19-25-20-37-30(31-25)32-29(34)17-26(21-9-5-3-6-10-21)22-11-7-4-8-12-22/h3-12,15-16,20,26H,13-14,17-19H2,1-2H3,(H,31,32,34). The molecule has 0 radical (unpaired) electrons. The van der Waals surface area contributed by atoms with E-state index in [0.29, 0.717) is 11.6 Å². The lowest BCUT2D eigenvalue weighted by molar-refractivity contribution is -0.116. The molecular formula is C30H31N3O3S. The van der Waals surface area contributed by atoms with Crippen LogP contribution in [0.5, 0.6) is 11.5 Å². The van der Waals surface area contributed by atoms with Gasteiger partial charge in [0.1, 0.15) is 0 Å². The lowest BCUT2D eigenvalue weighted by Gasteiger charge is -2.29. The molecule has 1 aromatic heterocycles. The lowest BCUT2D eigenvalue weighted by Crippen LogP contribution is -2.30. The van der Waals surface area contributed by atoms with Crippen molar-refractivity contribution < 1.29 is 14.3 Å². The second-order valence-corrected chi connectivity index (χ2v) is 10.1. The number of thiazole rings is 1. The molecule has 7 heteroatoms. The van der Waals surface area contributed by atoms with Crippen molar-refractivity contribution >= 4 is 22.4 Å². The van der Waals surface area contributed by atoms with E-state index < -0.39 is 0 Å². The van der Waals surface area contributed by atoms with Crippen LogP contribution in [-0.2, 0) is 24.3 Å². The van der Waals surface area contributed by atoms with E-state index in [1.165, 1.54) is 22.5 Å². The minimum absolute atomic E-state index is 0.00846. The number of amides is 1. The van der Waals surface area contributed by atoms with Gasteiger partial charge in [-0.2, -0.15) is 0 Å². The summed E-state index contributed by atoms with van der Waals surface area (Å²) < 4.78 is 10.9. The Bertz CT molecular complexity index is 1300. The molecule has 190 valence electrons. The molecule has 0 unspecified atom stereocenters. The number of methoxy groups -OCH3 is 2. The fraction of sp³-hybridized carbons (Fsp3) is 0.267. The molecule has 1 aliphatic rings. The molecule has 3 aromatic carbocycles. The third kappa shape index (κ3) is 6.01. The third-order valence-electron chi connectivity index (χ3n) is 6.77. The first-order chi connectivity index (χ1) is 18.1. The minimum Gasteiger partial charge on any atom is -0.493 e. The number of carbonyl (C=O) groups excluding carboxylic acids is 1. The first kappa shape index (κ1) is 25.0. The molecule has 0 bridgehead atoms. The zero-order chi connectivity index (χ0) is 25.6. The first-order valence-electron chi connectivity index (χ1n) is 12.4. The Balaban J connectivity index is 1.22. The van der Waals surface area contributed by atoms with Gasteiger partial charge in [-0.15, -0.1) is 11.3 Å². The maximum absolute atomic E-state index is 13.0. The van der Waals surface area contributed by atoms with Crippen molar-refractivity contribution in [1.29, 1.82) is 0 Å². The van der Waals surface area contributed by atoms with Crippen molar-refractivity contribution in [3.05, 3.63) is 106 Å². The average molecular weight is 514 g/mol. The number of nitrogens with one attached hydrogen (secondary N) is 1. The van der Waals surface area contributed by atoms with E-state index in [4.69, 9.17) is 14.5 Å². The molecule has 4 aromatic rings. The molecule has 5 rings (SSSR count). The molecule has 37 heavy (non-hydrogen) atoms. The molecule has 0 saturated heterocycles. The number of hydrogen-bond acceptors (Lipinski definition) is 6. The van der Waals surface area contributed by atoms with Gasteiger partial charge in [-0.05, 0) is 40.8 Å². The molecule has 0 atom stereocenters. The monoisotopic (exact) mass is 513 g/mol. The Morgan fingerprint density at radius 2 is 1.59 bits per heavy atom. The van der Waals surface area contributed by atoms with Crippen molar-refractivity contribution in [2.24, 2.45) is 0 Å². The van der Waals surface area contributed by atoms with Crippen molar-refractivity contribution in [1.82, 2.24) is 9.88 Å². The number of carbonyl (C=O) groups is 1. The van der Waals surface area contributed by atoms with E-state index in [2.05, 4.69) is 46.6 Å². The molecule has 0 fully saturated rings. The normalized spacial score (nSPS) is 13.3. The average Bonchev–Trinajstić information content (AvgIpc) is 3.38. The lowest BCUT2D eigenvalue weighted by atomic mass is 9.88. The molecular weight excluding hydrogens is 482 g/mol. The number of fused-ring (bicyclic) bond motifs is 1. The molecule has 0 spiro atoms. The van der Waals surface area contributed by atoms with Gasteiger partial charge in [-0.1, -0.05) is 60.7 Å². The van der Waals surface area contributed by atoms with E-state index in [0.717, 1.165) is 54.4 Å². The Kier molecular flexibility index (Phi) is 7.82. The third-order valence-corrected chi connectivity index (χ3v) is 7.58. The van der Waals surface area contributed by atoms with E-state index in [1.54, 1.807) is 14.2 Å². The van der Waals surface area contributed by atoms with Crippen LogP contribution in [0, 0.1) is 0 Å². The Morgan fingerprint density at radius 3 is 2.22 bits per heavy atom. The molecule has 1 amide bonds. The minimum atomic E-state index is -0.0356. The highest BCUT2D eigenvalue weighted by Crippen LogP contribution is 2.34.